The standard InChI is InChI=1S/C21H19F3N2O3S2/c1-3-29-18(28)8-7-17(27)26(12-5-4-6-13(9-12)30-2)11-16-25-20-19(24)14(22)10-15(23)21(20)31-16/h4-6,9-10H,3,7-8,11H2,1-2H3. The minimum atomic E-state index is -1.32. The summed E-state index contributed by atoms with van der Waals surface area (Å²) >= 11 is 2.33. The summed E-state index contributed by atoms with van der Waals surface area (Å²) in [5.41, 5.74) is 0.140. The van der Waals surface area contributed by atoms with E-state index >= 15 is 0 Å². The van der Waals surface area contributed by atoms with Crippen molar-refractivity contribution in [2.45, 2.75) is 31.2 Å². The second-order valence-corrected chi connectivity index (χ2v) is 8.39. The Bertz CT molecular complexity index is 1120. The zero-order valence-electron chi connectivity index (χ0n) is 16.8. The molecule has 31 heavy (non-hydrogen) atoms. The van der Waals surface area contributed by atoms with Crippen molar-refractivity contribution < 1.29 is 27.5 Å². The van der Waals surface area contributed by atoms with Gasteiger partial charge in [-0.15, -0.1) is 23.1 Å². The number of carbonyl (C=O) groups is 2. The fourth-order valence-electron chi connectivity index (χ4n) is 2.91. The van der Waals surface area contributed by atoms with Crippen molar-refractivity contribution >= 4 is 50.9 Å². The molecule has 0 unspecified atom stereocenters. The van der Waals surface area contributed by atoms with Crippen LogP contribution in [0.5, 0.6) is 0 Å². The van der Waals surface area contributed by atoms with Gasteiger partial charge in [-0.2, -0.15) is 0 Å². The van der Waals surface area contributed by atoms with Gasteiger partial charge in [-0.3, -0.25) is 9.59 Å². The molecule has 2 aromatic carbocycles. The van der Waals surface area contributed by atoms with Crippen LogP contribution in [-0.4, -0.2) is 29.7 Å². The van der Waals surface area contributed by atoms with E-state index in [9.17, 15) is 22.8 Å². The maximum atomic E-state index is 14.1. The summed E-state index contributed by atoms with van der Waals surface area (Å²) < 4.78 is 46.4. The van der Waals surface area contributed by atoms with Gasteiger partial charge in [0.25, 0.3) is 0 Å². The van der Waals surface area contributed by atoms with E-state index in [0.29, 0.717) is 11.8 Å². The van der Waals surface area contributed by atoms with Crippen LogP contribution in [0.1, 0.15) is 24.8 Å². The third-order valence-electron chi connectivity index (χ3n) is 4.37. The average Bonchev–Trinajstić information content (AvgIpc) is 3.19. The van der Waals surface area contributed by atoms with Crippen molar-refractivity contribution in [3.63, 3.8) is 0 Å². The number of esters is 1. The number of anilines is 1. The molecular formula is C21H19F3N2O3S2. The zero-order valence-corrected chi connectivity index (χ0v) is 18.4. The van der Waals surface area contributed by atoms with E-state index in [1.54, 1.807) is 25.1 Å². The van der Waals surface area contributed by atoms with Crippen LogP contribution < -0.4 is 4.90 Å². The molecule has 5 nitrogen and oxygen atoms in total. The number of halogens is 3. The third-order valence-corrected chi connectivity index (χ3v) is 6.14. The molecule has 3 aromatic rings. The fourth-order valence-corrected chi connectivity index (χ4v) is 4.32. The number of thiazole rings is 1. The molecule has 1 amide bonds. The quantitative estimate of drug-likeness (QED) is 0.255. The van der Waals surface area contributed by atoms with Crippen LogP contribution in [-0.2, 0) is 20.9 Å². The fraction of sp³-hybridized carbons (Fsp3) is 0.286. The summed E-state index contributed by atoms with van der Waals surface area (Å²) in [6, 6.07) is 7.64. The molecule has 0 atom stereocenters. The van der Waals surface area contributed by atoms with Gasteiger partial charge in [0.1, 0.15) is 16.3 Å². The predicted octanol–water partition coefficient (Wildman–Crippen LogP) is 5.31. The number of aromatic nitrogens is 1. The van der Waals surface area contributed by atoms with Gasteiger partial charge >= 0.3 is 5.97 Å². The summed E-state index contributed by atoms with van der Waals surface area (Å²) in [4.78, 5) is 30.9. The van der Waals surface area contributed by atoms with Crippen LogP contribution in [0.15, 0.2) is 35.2 Å². The van der Waals surface area contributed by atoms with Gasteiger partial charge in [-0.05, 0) is 31.4 Å². The van der Waals surface area contributed by atoms with Crippen molar-refractivity contribution in [3.8, 4) is 0 Å². The summed E-state index contributed by atoms with van der Waals surface area (Å²) in [5, 5.41) is 0.234. The smallest absolute Gasteiger partial charge is 0.306 e. The molecule has 0 spiro atoms. The molecule has 10 heteroatoms. The molecule has 0 aliphatic rings. The molecule has 1 aromatic heterocycles. The van der Waals surface area contributed by atoms with Gasteiger partial charge in [0.15, 0.2) is 11.6 Å². The first-order chi connectivity index (χ1) is 14.8. The van der Waals surface area contributed by atoms with E-state index in [-0.39, 0.29) is 41.6 Å². The van der Waals surface area contributed by atoms with E-state index in [1.165, 1.54) is 16.7 Å². The SMILES string of the molecule is CCOC(=O)CCC(=O)N(Cc1nc2c(F)c(F)cc(F)c2s1)c1cccc(SC)c1. The van der Waals surface area contributed by atoms with Crippen molar-refractivity contribution in [1.82, 2.24) is 4.98 Å². The lowest BCUT2D eigenvalue weighted by molar-refractivity contribution is -0.144. The molecule has 0 radical (unpaired) electrons. The minimum Gasteiger partial charge on any atom is -0.466 e. The van der Waals surface area contributed by atoms with E-state index in [0.717, 1.165) is 16.2 Å². The van der Waals surface area contributed by atoms with Crippen LogP contribution >= 0.6 is 23.1 Å². The third kappa shape index (κ3) is 5.37. The predicted molar refractivity (Wildman–Crippen MR) is 115 cm³/mol. The molecule has 0 saturated carbocycles. The summed E-state index contributed by atoms with van der Waals surface area (Å²) in [6.45, 7) is 1.80. The first-order valence-corrected chi connectivity index (χ1v) is 11.4. The lowest BCUT2D eigenvalue weighted by Gasteiger charge is -2.22. The Morgan fingerprint density at radius 2 is 1.94 bits per heavy atom. The zero-order chi connectivity index (χ0) is 22.5. The van der Waals surface area contributed by atoms with Crippen LogP contribution in [0.3, 0.4) is 0 Å². The van der Waals surface area contributed by atoms with Crippen LogP contribution in [0.4, 0.5) is 18.9 Å². The van der Waals surface area contributed by atoms with Crippen molar-refractivity contribution in [2.24, 2.45) is 0 Å². The molecule has 3 rings (SSSR count). The van der Waals surface area contributed by atoms with Gasteiger partial charge in [-0.1, -0.05) is 6.07 Å². The summed E-state index contributed by atoms with van der Waals surface area (Å²) in [7, 11) is 0. The Labute approximate surface area is 185 Å². The van der Waals surface area contributed by atoms with Crippen molar-refractivity contribution in [1.29, 1.82) is 0 Å². The lowest BCUT2D eigenvalue weighted by atomic mass is 10.2. The van der Waals surface area contributed by atoms with Gasteiger partial charge in [0, 0.05) is 23.1 Å². The maximum Gasteiger partial charge on any atom is 0.306 e. The number of nitrogens with zero attached hydrogens (tertiary/aromatic N) is 2. The molecule has 0 aliphatic heterocycles. The van der Waals surface area contributed by atoms with E-state index in [1.807, 2.05) is 12.3 Å². The number of thioether (sulfide) groups is 1. The molecule has 0 aliphatic carbocycles. The van der Waals surface area contributed by atoms with Gasteiger partial charge < -0.3 is 9.64 Å². The normalized spacial score (nSPS) is 11.0. The van der Waals surface area contributed by atoms with Crippen LogP contribution in [0, 0.1) is 17.5 Å². The van der Waals surface area contributed by atoms with Gasteiger partial charge in [-0.25, -0.2) is 18.2 Å². The molecular weight excluding hydrogens is 449 g/mol. The number of hydrogen-bond acceptors (Lipinski definition) is 6. The highest BCUT2D eigenvalue weighted by atomic mass is 32.2. The number of fused-ring (bicyclic) bond motifs is 1. The Balaban J connectivity index is 1.93. The highest BCUT2D eigenvalue weighted by Gasteiger charge is 2.22. The molecule has 0 fully saturated rings. The highest BCUT2D eigenvalue weighted by molar-refractivity contribution is 7.98. The molecule has 1 heterocycles. The minimum absolute atomic E-state index is 0.0840. The molecule has 0 N–H and O–H groups in total. The maximum absolute atomic E-state index is 14.1. The number of rotatable bonds is 8. The molecule has 0 saturated heterocycles. The second-order valence-electron chi connectivity index (χ2n) is 6.43. The number of hydrogen-bond donors (Lipinski definition) is 0. The van der Waals surface area contributed by atoms with E-state index < -0.39 is 28.9 Å². The Morgan fingerprint density at radius 1 is 1.16 bits per heavy atom. The molecule has 164 valence electrons. The number of amides is 1. The van der Waals surface area contributed by atoms with Crippen LogP contribution in [0.25, 0.3) is 10.2 Å². The Hall–Kier alpha value is -2.59. The van der Waals surface area contributed by atoms with Gasteiger partial charge in [0.05, 0.1) is 24.3 Å². The van der Waals surface area contributed by atoms with E-state index in [4.69, 9.17) is 4.74 Å². The first-order valence-electron chi connectivity index (χ1n) is 9.37. The Morgan fingerprint density at radius 3 is 2.65 bits per heavy atom. The lowest BCUT2D eigenvalue weighted by Crippen LogP contribution is -2.30. The Kier molecular flexibility index (Phi) is 7.55. The highest BCUT2D eigenvalue weighted by Crippen LogP contribution is 2.31. The van der Waals surface area contributed by atoms with Crippen molar-refractivity contribution in [3.05, 3.63) is 52.8 Å². The van der Waals surface area contributed by atoms with Gasteiger partial charge in [0.2, 0.25) is 5.91 Å². The number of carbonyl (C=O) groups excluding carboxylic acids is 2. The van der Waals surface area contributed by atoms with E-state index in [2.05, 4.69) is 4.98 Å². The largest absolute Gasteiger partial charge is 0.466 e. The number of benzene rings is 2. The monoisotopic (exact) mass is 468 g/mol. The first kappa shape index (κ1) is 23.1. The second kappa shape index (κ2) is 10.1. The summed E-state index contributed by atoms with van der Waals surface area (Å²) in [6.07, 6.45) is 1.68. The summed E-state index contributed by atoms with van der Waals surface area (Å²) in [5.74, 6) is -4.34. The topological polar surface area (TPSA) is 59.5 Å². The van der Waals surface area contributed by atoms with Crippen LogP contribution in [0.2, 0.25) is 0 Å². The van der Waals surface area contributed by atoms with Crippen molar-refractivity contribution in [2.75, 3.05) is 17.8 Å². The molecule has 0 bridgehead atoms. The number of ether oxygens (including phenoxy) is 1. The average molecular weight is 469 g/mol.